The van der Waals surface area contributed by atoms with E-state index in [1.165, 1.54) is 44.9 Å². The summed E-state index contributed by atoms with van der Waals surface area (Å²) in [6.07, 6.45) is 13.2. The molecular formula is C17H32N2O. The summed E-state index contributed by atoms with van der Waals surface area (Å²) in [7, 11) is 0. The first-order chi connectivity index (χ1) is 9.66. The molecule has 0 aliphatic heterocycles. The average molecular weight is 280 g/mol. The molecule has 2 aliphatic rings. The Balaban J connectivity index is 1.79. The Hall–Kier alpha value is -0.570. The molecule has 2 fully saturated rings. The highest BCUT2D eigenvalue weighted by molar-refractivity contribution is 5.78. The van der Waals surface area contributed by atoms with Gasteiger partial charge in [0.25, 0.3) is 0 Å². The lowest BCUT2D eigenvalue weighted by Crippen LogP contribution is -2.38. The van der Waals surface area contributed by atoms with Crippen LogP contribution in [0.2, 0.25) is 0 Å². The monoisotopic (exact) mass is 280 g/mol. The van der Waals surface area contributed by atoms with Gasteiger partial charge in [-0.05, 0) is 51.4 Å². The summed E-state index contributed by atoms with van der Waals surface area (Å²) in [6.45, 7) is 2.11. The summed E-state index contributed by atoms with van der Waals surface area (Å²) in [6, 6.07) is 0.719. The molecule has 116 valence electrons. The molecule has 2 aliphatic carbocycles. The van der Waals surface area contributed by atoms with Gasteiger partial charge in [0.15, 0.2) is 0 Å². The van der Waals surface area contributed by atoms with Crippen LogP contribution in [0, 0.1) is 11.8 Å². The molecule has 0 aromatic rings. The molecule has 3 atom stereocenters. The molecule has 0 aromatic heterocycles. The van der Waals surface area contributed by atoms with Crippen molar-refractivity contribution in [3.8, 4) is 0 Å². The molecule has 0 saturated heterocycles. The van der Waals surface area contributed by atoms with E-state index in [0.717, 1.165) is 25.7 Å². The minimum Gasteiger partial charge on any atom is -0.353 e. The summed E-state index contributed by atoms with van der Waals surface area (Å²) in [5, 5.41) is 3.33. The second-order valence-corrected chi connectivity index (χ2v) is 7.02. The summed E-state index contributed by atoms with van der Waals surface area (Å²) >= 11 is 0. The van der Waals surface area contributed by atoms with E-state index in [0.29, 0.717) is 17.9 Å². The third-order valence-electron chi connectivity index (χ3n) is 5.33. The van der Waals surface area contributed by atoms with Crippen LogP contribution in [0.1, 0.15) is 77.6 Å². The maximum atomic E-state index is 12.5. The van der Waals surface area contributed by atoms with Crippen LogP contribution in [0.4, 0.5) is 0 Å². The maximum absolute atomic E-state index is 12.5. The first-order valence-electron chi connectivity index (χ1n) is 8.72. The molecule has 0 aromatic carbocycles. The van der Waals surface area contributed by atoms with E-state index in [1.54, 1.807) is 0 Å². The fourth-order valence-corrected chi connectivity index (χ4v) is 3.86. The van der Waals surface area contributed by atoms with E-state index in [-0.39, 0.29) is 12.0 Å². The van der Waals surface area contributed by atoms with E-state index in [9.17, 15) is 4.79 Å². The number of hydrogen-bond acceptors (Lipinski definition) is 2. The predicted octanol–water partition coefficient (Wildman–Crippen LogP) is 3.37. The first kappa shape index (κ1) is 15.8. The van der Waals surface area contributed by atoms with Crippen LogP contribution >= 0.6 is 0 Å². The molecule has 3 heteroatoms. The third kappa shape index (κ3) is 4.76. The van der Waals surface area contributed by atoms with Gasteiger partial charge in [0.2, 0.25) is 5.91 Å². The number of amides is 1. The van der Waals surface area contributed by atoms with Crippen molar-refractivity contribution in [2.24, 2.45) is 17.6 Å². The van der Waals surface area contributed by atoms with E-state index in [1.807, 2.05) is 0 Å². The second kappa shape index (κ2) is 8.02. The zero-order valence-electron chi connectivity index (χ0n) is 13.1. The van der Waals surface area contributed by atoms with Crippen LogP contribution < -0.4 is 11.1 Å². The average Bonchev–Trinajstić information content (AvgIpc) is 2.80. The number of carbonyl (C=O) groups excluding carboxylic acids is 1. The summed E-state index contributed by atoms with van der Waals surface area (Å²) < 4.78 is 0. The second-order valence-electron chi connectivity index (χ2n) is 7.02. The summed E-state index contributed by atoms with van der Waals surface area (Å²) in [4.78, 5) is 12.5. The molecule has 3 N–H and O–H groups in total. The largest absolute Gasteiger partial charge is 0.353 e. The van der Waals surface area contributed by atoms with Gasteiger partial charge in [-0.3, -0.25) is 4.79 Å². The highest BCUT2D eigenvalue weighted by Crippen LogP contribution is 2.29. The lowest BCUT2D eigenvalue weighted by Gasteiger charge is -2.21. The van der Waals surface area contributed by atoms with Crippen molar-refractivity contribution >= 4 is 5.91 Å². The third-order valence-corrected chi connectivity index (χ3v) is 5.33. The van der Waals surface area contributed by atoms with Crippen LogP contribution in [0.15, 0.2) is 0 Å². The minimum atomic E-state index is 0.238. The quantitative estimate of drug-likeness (QED) is 0.779. The number of carbonyl (C=O) groups is 1. The molecule has 3 unspecified atom stereocenters. The SMILES string of the molecule is CC(N)C1CCCC(C(=O)NC2CCCCCC2)CC1. The normalized spacial score (nSPS) is 31.1. The number of nitrogens with two attached hydrogens (primary N) is 1. The topological polar surface area (TPSA) is 55.1 Å². The molecule has 0 bridgehead atoms. The lowest BCUT2D eigenvalue weighted by molar-refractivity contribution is -0.126. The van der Waals surface area contributed by atoms with Crippen molar-refractivity contribution in [1.82, 2.24) is 5.32 Å². The van der Waals surface area contributed by atoms with E-state index >= 15 is 0 Å². The van der Waals surface area contributed by atoms with E-state index < -0.39 is 0 Å². The van der Waals surface area contributed by atoms with Gasteiger partial charge in [0.05, 0.1) is 0 Å². The zero-order chi connectivity index (χ0) is 14.4. The molecule has 0 heterocycles. The van der Waals surface area contributed by atoms with Crippen LogP contribution in [-0.4, -0.2) is 18.0 Å². The summed E-state index contributed by atoms with van der Waals surface area (Å²) in [5.74, 6) is 1.18. The number of hydrogen-bond donors (Lipinski definition) is 2. The fourth-order valence-electron chi connectivity index (χ4n) is 3.86. The molecule has 1 amide bonds. The molecule has 0 radical (unpaired) electrons. The molecule has 20 heavy (non-hydrogen) atoms. The molecule has 2 rings (SSSR count). The van der Waals surface area contributed by atoms with Crippen molar-refractivity contribution in [1.29, 1.82) is 0 Å². The van der Waals surface area contributed by atoms with Crippen LogP contribution in [-0.2, 0) is 4.79 Å². The van der Waals surface area contributed by atoms with Crippen molar-refractivity contribution in [2.45, 2.75) is 89.6 Å². The summed E-state index contributed by atoms with van der Waals surface area (Å²) in [5.41, 5.74) is 6.02. The van der Waals surface area contributed by atoms with Crippen molar-refractivity contribution in [3.05, 3.63) is 0 Å². The van der Waals surface area contributed by atoms with Crippen LogP contribution in [0.3, 0.4) is 0 Å². The van der Waals surface area contributed by atoms with Crippen molar-refractivity contribution < 1.29 is 4.79 Å². The van der Waals surface area contributed by atoms with Crippen LogP contribution in [0.5, 0.6) is 0 Å². The van der Waals surface area contributed by atoms with Gasteiger partial charge in [-0.2, -0.15) is 0 Å². The Morgan fingerprint density at radius 1 is 0.950 bits per heavy atom. The lowest BCUT2D eigenvalue weighted by atomic mass is 9.92. The maximum Gasteiger partial charge on any atom is 0.223 e. The molecular weight excluding hydrogens is 248 g/mol. The number of nitrogens with one attached hydrogen (secondary N) is 1. The van der Waals surface area contributed by atoms with E-state index in [4.69, 9.17) is 5.73 Å². The molecule has 0 spiro atoms. The van der Waals surface area contributed by atoms with Gasteiger partial charge < -0.3 is 11.1 Å². The predicted molar refractivity (Wildman–Crippen MR) is 83.3 cm³/mol. The van der Waals surface area contributed by atoms with E-state index in [2.05, 4.69) is 12.2 Å². The van der Waals surface area contributed by atoms with Crippen molar-refractivity contribution in [3.63, 3.8) is 0 Å². The zero-order valence-corrected chi connectivity index (χ0v) is 13.1. The standard InChI is InChI=1S/C17H32N2O/c1-13(18)14-7-6-8-15(12-11-14)17(20)19-16-9-4-2-3-5-10-16/h13-16H,2-12,18H2,1H3,(H,19,20). The Kier molecular flexibility index (Phi) is 6.34. The van der Waals surface area contributed by atoms with Gasteiger partial charge in [-0.15, -0.1) is 0 Å². The Morgan fingerprint density at radius 3 is 2.30 bits per heavy atom. The smallest absolute Gasteiger partial charge is 0.223 e. The highest BCUT2D eigenvalue weighted by atomic mass is 16.1. The fraction of sp³-hybridized carbons (Fsp3) is 0.941. The van der Waals surface area contributed by atoms with Gasteiger partial charge in [-0.1, -0.05) is 32.1 Å². The molecule has 2 saturated carbocycles. The minimum absolute atomic E-state index is 0.238. The van der Waals surface area contributed by atoms with Gasteiger partial charge >= 0.3 is 0 Å². The van der Waals surface area contributed by atoms with Crippen molar-refractivity contribution in [2.75, 3.05) is 0 Å². The first-order valence-corrected chi connectivity index (χ1v) is 8.72. The van der Waals surface area contributed by atoms with Gasteiger partial charge in [0, 0.05) is 18.0 Å². The molecule has 3 nitrogen and oxygen atoms in total. The Labute approximate surface area is 124 Å². The number of rotatable bonds is 3. The van der Waals surface area contributed by atoms with Gasteiger partial charge in [0.1, 0.15) is 0 Å². The highest BCUT2D eigenvalue weighted by Gasteiger charge is 2.27. The van der Waals surface area contributed by atoms with Gasteiger partial charge in [-0.25, -0.2) is 0 Å². The Bertz CT molecular complexity index is 295. The van der Waals surface area contributed by atoms with Crippen LogP contribution in [0.25, 0.3) is 0 Å². The Morgan fingerprint density at radius 2 is 1.65 bits per heavy atom.